The first-order chi connectivity index (χ1) is 7.61. The third-order valence-electron chi connectivity index (χ3n) is 2.42. The van der Waals surface area contributed by atoms with Gasteiger partial charge in [-0.2, -0.15) is 5.26 Å². The van der Waals surface area contributed by atoms with E-state index < -0.39 is 12.2 Å². The van der Waals surface area contributed by atoms with Gasteiger partial charge in [0.1, 0.15) is 6.07 Å². The zero-order chi connectivity index (χ0) is 11.7. The summed E-state index contributed by atoms with van der Waals surface area (Å²) in [5, 5.41) is 9.26. The first-order valence-corrected chi connectivity index (χ1v) is 5.13. The van der Waals surface area contributed by atoms with Gasteiger partial charge in [-0.05, 0) is 24.6 Å². The Morgan fingerprint density at radius 1 is 1.62 bits per heavy atom. The molecule has 1 aromatic rings. The fraction of sp³-hybridized carbons (Fsp3) is 0.273. The first kappa shape index (κ1) is 10.8. The minimum absolute atomic E-state index is 0.245. The van der Waals surface area contributed by atoms with Crippen molar-refractivity contribution >= 4 is 23.4 Å². The van der Waals surface area contributed by atoms with E-state index in [0.717, 1.165) is 5.56 Å². The second kappa shape index (κ2) is 4.03. The van der Waals surface area contributed by atoms with Gasteiger partial charge in [-0.3, -0.25) is 4.90 Å². The van der Waals surface area contributed by atoms with Crippen molar-refractivity contribution < 1.29 is 9.53 Å². The molecule has 1 heterocycles. The number of amides is 1. The van der Waals surface area contributed by atoms with E-state index in [0.29, 0.717) is 10.7 Å². The van der Waals surface area contributed by atoms with Crippen LogP contribution in [0, 0.1) is 18.3 Å². The number of hydrogen-bond donors (Lipinski definition) is 0. The number of benzene rings is 1. The van der Waals surface area contributed by atoms with Gasteiger partial charge in [0, 0.05) is 10.7 Å². The summed E-state index contributed by atoms with van der Waals surface area (Å²) in [7, 11) is 0. The maximum absolute atomic E-state index is 11.4. The molecule has 2 rings (SSSR count). The van der Waals surface area contributed by atoms with E-state index in [4.69, 9.17) is 21.6 Å². The molecule has 0 N–H and O–H groups in total. The minimum atomic E-state index is -0.701. The van der Waals surface area contributed by atoms with Crippen molar-refractivity contribution in [2.75, 3.05) is 11.4 Å². The molecule has 4 nitrogen and oxygen atoms in total. The van der Waals surface area contributed by atoms with Crippen LogP contribution in [0.4, 0.5) is 10.5 Å². The SMILES string of the molecule is Cc1ccc(N2CC(C#N)OC2=O)cc1Cl. The molecular weight excluding hydrogens is 228 g/mol. The maximum Gasteiger partial charge on any atom is 0.415 e. The van der Waals surface area contributed by atoms with E-state index in [2.05, 4.69) is 0 Å². The van der Waals surface area contributed by atoms with Crippen LogP contribution in [-0.2, 0) is 4.74 Å². The molecule has 0 aliphatic carbocycles. The Morgan fingerprint density at radius 3 is 2.94 bits per heavy atom. The molecule has 1 aliphatic heterocycles. The largest absolute Gasteiger partial charge is 0.428 e. The predicted octanol–water partition coefficient (Wildman–Crippen LogP) is 2.50. The van der Waals surface area contributed by atoms with Crippen LogP contribution in [0.5, 0.6) is 0 Å². The van der Waals surface area contributed by atoms with Crippen molar-refractivity contribution in [3.05, 3.63) is 28.8 Å². The van der Waals surface area contributed by atoms with Crippen LogP contribution in [0.2, 0.25) is 5.02 Å². The van der Waals surface area contributed by atoms with Gasteiger partial charge in [-0.1, -0.05) is 17.7 Å². The average molecular weight is 237 g/mol. The third-order valence-corrected chi connectivity index (χ3v) is 2.83. The molecule has 1 aliphatic rings. The molecule has 1 aromatic carbocycles. The van der Waals surface area contributed by atoms with E-state index in [-0.39, 0.29) is 6.54 Å². The van der Waals surface area contributed by atoms with Crippen LogP contribution in [0.25, 0.3) is 0 Å². The molecule has 0 spiro atoms. The molecule has 1 unspecified atom stereocenters. The highest BCUT2D eigenvalue weighted by Gasteiger charge is 2.32. The average Bonchev–Trinajstić information content (AvgIpc) is 2.64. The fourth-order valence-corrected chi connectivity index (χ4v) is 1.67. The van der Waals surface area contributed by atoms with Gasteiger partial charge >= 0.3 is 6.09 Å². The number of halogens is 1. The van der Waals surface area contributed by atoms with Crippen LogP contribution >= 0.6 is 11.6 Å². The van der Waals surface area contributed by atoms with Gasteiger partial charge in [0.2, 0.25) is 6.10 Å². The quantitative estimate of drug-likeness (QED) is 0.753. The first-order valence-electron chi connectivity index (χ1n) is 4.75. The molecule has 1 saturated heterocycles. The van der Waals surface area contributed by atoms with Crippen molar-refractivity contribution in [3.63, 3.8) is 0 Å². The number of aryl methyl sites for hydroxylation is 1. The number of rotatable bonds is 1. The summed E-state index contributed by atoms with van der Waals surface area (Å²) in [6, 6.07) is 7.20. The van der Waals surface area contributed by atoms with Gasteiger partial charge in [0.05, 0.1) is 6.54 Å². The Bertz CT molecular complexity index is 481. The van der Waals surface area contributed by atoms with E-state index in [1.807, 2.05) is 19.1 Å². The van der Waals surface area contributed by atoms with Crippen LogP contribution in [0.3, 0.4) is 0 Å². The zero-order valence-electron chi connectivity index (χ0n) is 8.61. The van der Waals surface area contributed by atoms with Crippen molar-refractivity contribution in [1.29, 1.82) is 5.26 Å². The highest BCUT2D eigenvalue weighted by atomic mass is 35.5. The number of nitrogens with zero attached hydrogens (tertiary/aromatic N) is 2. The molecule has 0 radical (unpaired) electrons. The van der Waals surface area contributed by atoms with E-state index in [9.17, 15) is 4.79 Å². The van der Waals surface area contributed by atoms with Crippen LogP contribution in [0.15, 0.2) is 18.2 Å². The number of carbonyl (C=O) groups excluding carboxylic acids is 1. The Morgan fingerprint density at radius 2 is 2.38 bits per heavy atom. The smallest absolute Gasteiger partial charge is 0.415 e. The lowest BCUT2D eigenvalue weighted by molar-refractivity contribution is 0.162. The Hall–Kier alpha value is -1.73. The summed E-state index contributed by atoms with van der Waals surface area (Å²) in [6.07, 6.45) is -1.21. The zero-order valence-corrected chi connectivity index (χ0v) is 9.36. The van der Waals surface area contributed by atoms with Gasteiger partial charge in [0.15, 0.2) is 0 Å². The fourth-order valence-electron chi connectivity index (χ4n) is 1.49. The Kier molecular flexibility index (Phi) is 2.71. The molecule has 5 heteroatoms. The summed E-state index contributed by atoms with van der Waals surface area (Å²) in [5.41, 5.74) is 1.59. The minimum Gasteiger partial charge on any atom is -0.428 e. The van der Waals surface area contributed by atoms with Gasteiger partial charge in [-0.15, -0.1) is 0 Å². The van der Waals surface area contributed by atoms with E-state index >= 15 is 0 Å². The summed E-state index contributed by atoms with van der Waals surface area (Å²) >= 11 is 5.97. The maximum atomic E-state index is 11.4. The molecule has 1 atom stereocenters. The van der Waals surface area contributed by atoms with E-state index in [1.54, 1.807) is 12.1 Å². The van der Waals surface area contributed by atoms with Crippen LogP contribution in [0.1, 0.15) is 5.56 Å². The number of carbonyl (C=O) groups is 1. The molecular formula is C11H9ClN2O2. The topological polar surface area (TPSA) is 53.3 Å². The monoisotopic (exact) mass is 236 g/mol. The lowest BCUT2D eigenvalue weighted by Gasteiger charge is -2.13. The molecule has 1 fully saturated rings. The van der Waals surface area contributed by atoms with E-state index in [1.165, 1.54) is 4.90 Å². The third kappa shape index (κ3) is 1.82. The van der Waals surface area contributed by atoms with Crippen molar-refractivity contribution in [3.8, 4) is 6.07 Å². The summed E-state index contributed by atoms with van der Waals surface area (Å²) in [5.74, 6) is 0. The lowest BCUT2D eigenvalue weighted by atomic mass is 10.2. The predicted molar refractivity (Wildman–Crippen MR) is 59.4 cm³/mol. The van der Waals surface area contributed by atoms with Crippen LogP contribution in [-0.4, -0.2) is 18.7 Å². The molecule has 0 aromatic heterocycles. The van der Waals surface area contributed by atoms with Gasteiger partial charge < -0.3 is 4.74 Å². The van der Waals surface area contributed by atoms with Crippen molar-refractivity contribution in [2.45, 2.75) is 13.0 Å². The van der Waals surface area contributed by atoms with Crippen molar-refractivity contribution in [1.82, 2.24) is 0 Å². The Labute approximate surface area is 98.0 Å². The summed E-state index contributed by atoms with van der Waals surface area (Å²) < 4.78 is 4.83. The summed E-state index contributed by atoms with van der Waals surface area (Å²) in [4.78, 5) is 12.9. The second-order valence-electron chi connectivity index (χ2n) is 3.55. The molecule has 82 valence electrons. The highest BCUT2D eigenvalue weighted by molar-refractivity contribution is 6.31. The van der Waals surface area contributed by atoms with Gasteiger partial charge in [-0.25, -0.2) is 4.79 Å². The number of ether oxygens (including phenoxy) is 1. The number of anilines is 1. The standard InChI is InChI=1S/C11H9ClN2O2/c1-7-2-3-8(4-10(7)12)14-6-9(5-13)16-11(14)15/h2-4,9H,6H2,1H3. The number of nitriles is 1. The molecule has 16 heavy (non-hydrogen) atoms. The Balaban J connectivity index is 2.29. The normalized spacial score (nSPS) is 19.4. The highest BCUT2D eigenvalue weighted by Crippen LogP contribution is 2.26. The molecule has 0 saturated carbocycles. The van der Waals surface area contributed by atoms with Gasteiger partial charge in [0.25, 0.3) is 0 Å². The van der Waals surface area contributed by atoms with Crippen molar-refractivity contribution in [2.24, 2.45) is 0 Å². The second-order valence-corrected chi connectivity index (χ2v) is 3.95. The number of cyclic esters (lactones) is 1. The molecule has 0 bridgehead atoms. The number of hydrogen-bond acceptors (Lipinski definition) is 3. The van der Waals surface area contributed by atoms with Crippen LogP contribution < -0.4 is 4.90 Å². The lowest BCUT2D eigenvalue weighted by Crippen LogP contribution is -2.24. The summed E-state index contributed by atoms with van der Waals surface area (Å²) in [6.45, 7) is 2.13. The molecule has 1 amide bonds.